The quantitative estimate of drug-likeness (QED) is 0.633. The van der Waals surface area contributed by atoms with Crippen LogP contribution in [0.2, 0.25) is 0 Å². The molecule has 1 heterocycles. The zero-order chi connectivity index (χ0) is 21.8. The number of carbonyl (C=O) groups is 2. The van der Waals surface area contributed by atoms with E-state index in [1.54, 1.807) is 32.0 Å². The first-order chi connectivity index (χ1) is 14.3. The third-order valence-corrected chi connectivity index (χ3v) is 5.18. The van der Waals surface area contributed by atoms with Gasteiger partial charge >= 0.3 is 0 Å². The summed E-state index contributed by atoms with van der Waals surface area (Å²) in [5.41, 5.74) is 5.43. The van der Waals surface area contributed by atoms with Crippen LogP contribution in [0.5, 0.6) is 0 Å². The Bertz CT molecular complexity index is 1050. The van der Waals surface area contributed by atoms with Crippen LogP contribution >= 0.6 is 0 Å². The smallest absolute Gasteiger partial charge is 0.257 e. The predicted octanol–water partition coefficient (Wildman–Crippen LogP) is 3.38. The molecule has 30 heavy (non-hydrogen) atoms. The average Bonchev–Trinajstić information content (AvgIpc) is 3.13. The molecule has 0 saturated heterocycles. The van der Waals surface area contributed by atoms with Gasteiger partial charge in [-0.3, -0.25) is 14.3 Å². The van der Waals surface area contributed by atoms with Crippen molar-refractivity contribution in [3.63, 3.8) is 0 Å². The Morgan fingerprint density at radius 2 is 1.67 bits per heavy atom. The molecule has 0 saturated carbocycles. The minimum atomic E-state index is -0.224. The zero-order valence-electron chi connectivity index (χ0n) is 18.2. The number of nitrogens with zero attached hydrogens (tertiary/aromatic N) is 4. The van der Waals surface area contributed by atoms with Crippen molar-refractivity contribution in [2.75, 3.05) is 27.7 Å². The van der Waals surface area contributed by atoms with Gasteiger partial charge in [-0.15, -0.1) is 0 Å². The molecule has 2 amide bonds. The van der Waals surface area contributed by atoms with Crippen molar-refractivity contribution >= 4 is 11.8 Å². The van der Waals surface area contributed by atoms with Gasteiger partial charge in [-0.2, -0.15) is 5.10 Å². The standard InChI is InChI=1S/C24H28N4O2/c1-17-11-12-20(13-18(17)2)23-21(24(30)27(5)16-22(29)26(3)4)15-28(25-23)14-19-9-7-6-8-10-19/h6-13,15H,14,16H2,1-5H3. The van der Waals surface area contributed by atoms with Crippen LogP contribution in [0.4, 0.5) is 0 Å². The Morgan fingerprint density at radius 3 is 2.30 bits per heavy atom. The Hall–Kier alpha value is -3.41. The molecule has 0 aliphatic rings. The topological polar surface area (TPSA) is 58.4 Å². The van der Waals surface area contributed by atoms with Crippen LogP contribution in [0.3, 0.4) is 0 Å². The highest BCUT2D eigenvalue weighted by Gasteiger charge is 2.23. The summed E-state index contributed by atoms with van der Waals surface area (Å²) in [6, 6.07) is 16.1. The van der Waals surface area contributed by atoms with Crippen molar-refractivity contribution in [1.29, 1.82) is 0 Å². The lowest BCUT2D eigenvalue weighted by Gasteiger charge is -2.19. The summed E-state index contributed by atoms with van der Waals surface area (Å²) in [6.45, 7) is 4.68. The molecule has 0 aliphatic heterocycles. The number of aryl methyl sites for hydroxylation is 2. The highest BCUT2D eigenvalue weighted by Crippen LogP contribution is 2.26. The molecule has 0 unspecified atom stereocenters. The highest BCUT2D eigenvalue weighted by molar-refractivity contribution is 6.01. The summed E-state index contributed by atoms with van der Waals surface area (Å²) < 4.78 is 1.79. The second-order valence-corrected chi connectivity index (χ2v) is 7.82. The van der Waals surface area contributed by atoms with Crippen molar-refractivity contribution in [3.05, 3.63) is 77.0 Å². The first-order valence-electron chi connectivity index (χ1n) is 9.91. The maximum Gasteiger partial charge on any atom is 0.257 e. The lowest BCUT2D eigenvalue weighted by molar-refractivity contribution is -0.129. The first kappa shape index (κ1) is 21.3. The van der Waals surface area contributed by atoms with Gasteiger partial charge in [0.05, 0.1) is 18.7 Å². The predicted molar refractivity (Wildman–Crippen MR) is 118 cm³/mol. The normalized spacial score (nSPS) is 10.7. The molecule has 2 aromatic carbocycles. The third-order valence-electron chi connectivity index (χ3n) is 5.18. The van der Waals surface area contributed by atoms with Crippen LogP contribution in [0.25, 0.3) is 11.3 Å². The summed E-state index contributed by atoms with van der Waals surface area (Å²) in [5, 5.41) is 4.74. The van der Waals surface area contributed by atoms with Crippen LogP contribution in [0.15, 0.2) is 54.7 Å². The number of aromatic nitrogens is 2. The number of hydrogen-bond acceptors (Lipinski definition) is 3. The SMILES string of the molecule is Cc1ccc(-c2nn(Cc3ccccc3)cc2C(=O)N(C)CC(=O)N(C)C)cc1C. The lowest BCUT2D eigenvalue weighted by atomic mass is 10.0. The maximum absolute atomic E-state index is 13.2. The van der Waals surface area contributed by atoms with E-state index in [1.807, 2.05) is 55.5 Å². The molecule has 0 radical (unpaired) electrons. The van der Waals surface area contributed by atoms with Crippen LogP contribution in [-0.4, -0.2) is 59.1 Å². The number of benzene rings is 2. The first-order valence-corrected chi connectivity index (χ1v) is 9.91. The van der Waals surface area contributed by atoms with Gasteiger partial charge in [0, 0.05) is 32.9 Å². The average molecular weight is 405 g/mol. The van der Waals surface area contributed by atoms with Crippen LogP contribution in [0, 0.1) is 13.8 Å². The molecule has 1 aromatic heterocycles. The summed E-state index contributed by atoms with van der Waals surface area (Å²) in [7, 11) is 5.00. The zero-order valence-corrected chi connectivity index (χ0v) is 18.2. The Morgan fingerprint density at radius 1 is 0.967 bits per heavy atom. The molecule has 0 spiro atoms. The number of carbonyl (C=O) groups excluding carboxylic acids is 2. The van der Waals surface area contributed by atoms with Gasteiger partial charge in [0.1, 0.15) is 5.69 Å². The molecule has 0 fully saturated rings. The fourth-order valence-corrected chi connectivity index (χ4v) is 3.15. The van der Waals surface area contributed by atoms with Crippen molar-refractivity contribution in [2.24, 2.45) is 0 Å². The van der Waals surface area contributed by atoms with Gasteiger partial charge in [0.25, 0.3) is 5.91 Å². The molecule has 0 aliphatic carbocycles. The minimum Gasteiger partial charge on any atom is -0.347 e. The largest absolute Gasteiger partial charge is 0.347 e. The van der Waals surface area contributed by atoms with Gasteiger partial charge in [0.2, 0.25) is 5.91 Å². The summed E-state index contributed by atoms with van der Waals surface area (Å²) in [4.78, 5) is 28.2. The van der Waals surface area contributed by atoms with E-state index in [4.69, 9.17) is 5.10 Å². The second-order valence-electron chi connectivity index (χ2n) is 7.82. The third kappa shape index (κ3) is 4.76. The maximum atomic E-state index is 13.2. The van der Waals surface area contributed by atoms with Gasteiger partial charge in [-0.1, -0.05) is 42.5 Å². The molecule has 6 nitrogen and oxygen atoms in total. The van der Waals surface area contributed by atoms with Crippen LogP contribution in [-0.2, 0) is 11.3 Å². The van der Waals surface area contributed by atoms with E-state index in [0.29, 0.717) is 17.8 Å². The van der Waals surface area contributed by atoms with E-state index in [1.165, 1.54) is 15.4 Å². The molecular formula is C24H28N4O2. The molecule has 0 bridgehead atoms. The van der Waals surface area contributed by atoms with Crippen molar-refractivity contribution in [2.45, 2.75) is 20.4 Å². The van der Waals surface area contributed by atoms with Crippen molar-refractivity contribution in [3.8, 4) is 11.3 Å². The van der Waals surface area contributed by atoms with Crippen molar-refractivity contribution < 1.29 is 9.59 Å². The number of hydrogen-bond donors (Lipinski definition) is 0. The highest BCUT2D eigenvalue weighted by atomic mass is 16.2. The number of likely N-dealkylation sites (N-methyl/N-ethyl adjacent to an activating group) is 2. The van der Waals surface area contributed by atoms with E-state index in [-0.39, 0.29) is 18.4 Å². The van der Waals surface area contributed by atoms with Gasteiger partial charge in [-0.05, 0) is 36.6 Å². The molecule has 0 atom stereocenters. The molecule has 3 aromatic rings. The summed E-state index contributed by atoms with van der Waals surface area (Å²) >= 11 is 0. The Kier molecular flexibility index (Phi) is 6.35. The monoisotopic (exact) mass is 404 g/mol. The summed E-state index contributed by atoms with van der Waals surface area (Å²) in [5.74, 6) is -0.354. The molecule has 3 rings (SSSR count). The Balaban J connectivity index is 1.99. The van der Waals surface area contributed by atoms with E-state index in [9.17, 15) is 9.59 Å². The second kappa shape index (κ2) is 8.95. The van der Waals surface area contributed by atoms with E-state index >= 15 is 0 Å². The molecular weight excluding hydrogens is 376 g/mol. The number of amides is 2. The van der Waals surface area contributed by atoms with Crippen LogP contribution < -0.4 is 0 Å². The van der Waals surface area contributed by atoms with E-state index in [0.717, 1.165) is 16.7 Å². The Labute approximate surface area is 177 Å². The summed E-state index contributed by atoms with van der Waals surface area (Å²) in [6.07, 6.45) is 1.77. The van der Waals surface area contributed by atoms with Gasteiger partial charge in [0.15, 0.2) is 0 Å². The molecule has 0 N–H and O–H groups in total. The van der Waals surface area contributed by atoms with Crippen molar-refractivity contribution in [1.82, 2.24) is 19.6 Å². The number of rotatable bonds is 6. The fourth-order valence-electron chi connectivity index (χ4n) is 3.15. The van der Waals surface area contributed by atoms with E-state index in [2.05, 4.69) is 6.92 Å². The van der Waals surface area contributed by atoms with Gasteiger partial charge in [-0.25, -0.2) is 0 Å². The molecule has 156 valence electrons. The van der Waals surface area contributed by atoms with E-state index < -0.39 is 0 Å². The molecule has 6 heteroatoms. The minimum absolute atomic E-state index is 0.0159. The fraction of sp³-hybridized carbons (Fsp3) is 0.292. The lowest BCUT2D eigenvalue weighted by Crippen LogP contribution is -2.37. The van der Waals surface area contributed by atoms with Crippen LogP contribution in [0.1, 0.15) is 27.0 Å². The van der Waals surface area contributed by atoms with Gasteiger partial charge < -0.3 is 9.80 Å².